The second-order valence-corrected chi connectivity index (χ2v) is 5.34. The third-order valence-electron chi connectivity index (χ3n) is 3.70. The zero-order chi connectivity index (χ0) is 17.2. The summed E-state index contributed by atoms with van der Waals surface area (Å²) in [5.74, 6) is -0.0523. The minimum Gasteiger partial charge on any atom is -0.337 e. The van der Waals surface area contributed by atoms with Crippen LogP contribution in [0, 0.1) is 6.92 Å². The molecule has 0 aromatic heterocycles. The lowest BCUT2D eigenvalue weighted by Crippen LogP contribution is -2.37. The molecule has 0 saturated carbocycles. The van der Waals surface area contributed by atoms with Crippen LogP contribution in [0.2, 0.25) is 0 Å². The van der Waals surface area contributed by atoms with E-state index in [9.17, 15) is 9.59 Å². The normalized spacial score (nSPS) is 10.5. The van der Waals surface area contributed by atoms with Crippen LogP contribution in [0.1, 0.15) is 32.8 Å². The number of amides is 3. The van der Waals surface area contributed by atoms with Gasteiger partial charge in [0.05, 0.1) is 0 Å². The highest BCUT2D eigenvalue weighted by Crippen LogP contribution is 2.20. The van der Waals surface area contributed by atoms with Crippen LogP contribution in [-0.2, 0) is 4.79 Å². The molecule has 0 spiro atoms. The van der Waals surface area contributed by atoms with E-state index in [0.717, 1.165) is 25.2 Å². The van der Waals surface area contributed by atoms with E-state index in [2.05, 4.69) is 34.7 Å². The predicted molar refractivity (Wildman–Crippen MR) is 94.9 cm³/mol. The molecule has 3 amide bonds. The average molecular weight is 320 g/mol. The van der Waals surface area contributed by atoms with Gasteiger partial charge in [0.25, 0.3) is 0 Å². The fraction of sp³-hybridized carbons (Fsp3) is 0.529. The maximum Gasteiger partial charge on any atom is 0.319 e. The number of aryl methyl sites for hydroxylation is 1. The first kappa shape index (κ1) is 19.0. The molecule has 1 rings (SSSR count). The Hall–Kier alpha value is -2.08. The summed E-state index contributed by atoms with van der Waals surface area (Å²) < 4.78 is 0. The molecule has 0 heterocycles. The van der Waals surface area contributed by atoms with Crippen molar-refractivity contribution in [2.75, 3.05) is 36.8 Å². The highest BCUT2D eigenvalue weighted by atomic mass is 16.2. The maximum absolute atomic E-state index is 12.0. The molecule has 3 N–H and O–H groups in total. The number of hydrogen-bond donors (Lipinski definition) is 3. The van der Waals surface area contributed by atoms with E-state index in [1.165, 1.54) is 0 Å². The van der Waals surface area contributed by atoms with Crippen LogP contribution in [0.3, 0.4) is 0 Å². The summed E-state index contributed by atoms with van der Waals surface area (Å²) in [6.07, 6.45) is 0.419. The van der Waals surface area contributed by atoms with E-state index in [-0.39, 0.29) is 11.9 Å². The summed E-state index contributed by atoms with van der Waals surface area (Å²) in [5, 5.41) is 8.47. The minimum absolute atomic E-state index is 0.0523. The number of nitrogens with zero attached hydrogens (tertiary/aromatic N) is 1. The molecule has 1 aromatic carbocycles. The zero-order valence-electron chi connectivity index (χ0n) is 14.5. The van der Waals surface area contributed by atoms with Crippen molar-refractivity contribution < 1.29 is 9.59 Å². The molecule has 0 fully saturated rings. The molecule has 0 radical (unpaired) electrons. The molecular weight excluding hydrogens is 292 g/mol. The Labute approximate surface area is 138 Å². The van der Waals surface area contributed by atoms with Crippen LogP contribution in [0.25, 0.3) is 0 Å². The monoisotopic (exact) mass is 320 g/mol. The summed E-state index contributed by atoms with van der Waals surface area (Å²) >= 11 is 0. The van der Waals surface area contributed by atoms with Gasteiger partial charge >= 0.3 is 6.03 Å². The van der Waals surface area contributed by atoms with E-state index in [4.69, 9.17) is 0 Å². The fourth-order valence-electron chi connectivity index (χ4n) is 2.12. The Morgan fingerprint density at radius 1 is 1.09 bits per heavy atom. The minimum atomic E-state index is -0.237. The van der Waals surface area contributed by atoms with Crippen molar-refractivity contribution in [1.82, 2.24) is 10.2 Å². The number of nitrogens with one attached hydrogen (secondary N) is 3. The first-order valence-corrected chi connectivity index (χ1v) is 8.17. The second kappa shape index (κ2) is 9.84. The molecule has 6 nitrogen and oxygen atoms in total. The van der Waals surface area contributed by atoms with E-state index >= 15 is 0 Å². The quantitative estimate of drug-likeness (QED) is 0.689. The molecule has 6 heteroatoms. The Bertz CT molecular complexity index is 527. The lowest BCUT2D eigenvalue weighted by atomic mass is 10.2. The van der Waals surface area contributed by atoms with Gasteiger partial charge in [-0.15, -0.1) is 0 Å². The van der Waals surface area contributed by atoms with Crippen LogP contribution in [0.4, 0.5) is 16.2 Å². The first-order chi connectivity index (χ1) is 11.0. The van der Waals surface area contributed by atoms with Gasteiger partial charge in [0.2, 0.25) is 5.91 Å². The Morgan fingerprint density at radius 2 is 1.78 bits per heavy atom. The molecule has 0 aliphatic rings. The largest absolute Gasteiger partial charge is 0.337 e. The van der Waals surface area contributed by atoms with Gasteiger partial charge in [-0.3, -0.25) is 4.79 Å². The summed E-state index contributed by atoms with van der Waals surface area (Å²) in [7, 11) is 0. The Morgan fingerprint density at radius 3 is 2.39 bits per heavy atom. The molecule has 23 heavy (non-hydrogen) atoms. The number of carbonyl (C=O) groups is 2. The molecule has 0 atom stereocenters. The van der Waals surface area contributed by atoms with Crippen LogP contribution < -0.4 is 16.0 Å². The van der Waals surface area contributed by atoms with Gasteiger partial charge in [-0.05, 0) is 37.7 Å². The number of hydrogen-bond acceptors (Lipinski definition) is 3. The lowest BCUT2D eigenvalue weighted by molar-refractivity contribution is -0.115. The Kier molecular flexibility index (Phi) is 8.11. The summed E-state index contributed by atoms with van der Waals surface area (Å²) in [4.78, 5) is 25.7. The average Bonchev–Trinajstić information content (AvgIpc) is 2.54. The number of urea groups is 1. The van der Waals surface area contributed by atoms with Crippen molar-refractivity contribution >= 4 is 23.3 Å². The smallest absolute Gasteiger partial charge is 0.319 e. The van der Waals surface area contributed by atoms with Crippen LogP contribution in [-0.4, -0.2) is 43.0 Å². The van der Waals surface area contributed by atoms with Crippen molar-refractivity contribution in [3.8, 4) is 0 Å². The fourth-order valence-corrected chi connectivity index (χ4v) is 2.12. The van der Waals surface area contributed by atoms with Crippen molar-refractivity contribution in [2.45, 2.75) is 34.1 Å². The molecule has 1 aromatic rings. The van der Waals surface area contributed by atoms with Crippen molar-refractivity contribution in [3.05, 3.63) is 23.8 Å². The zero-order valence-corrected chi connectivity index (χ0v) is 14.5. The molecule has 128 valence electrons. The number of likely N-dealkylation sites (N-methyl/N-ethyl adjacent to an activating group) is 1. The molecule has 0 saturated heterocycles. The number of carbonyl (C=O) groups excluding carboxylic acids is 2. The van der Waals surface area contributed by atoms with Crippen LogP contribution in [0.15, 0.2) is 18.2 Å². The standard InChI is InChI=1S/C17H28N4O2/c1-5-16(22)19-14-9-8-13(4)15(12-14)20-17(23)18-10-11-21(6-2)7-3/h8-9,12H,5-7,10-11H2,1-4H3,(H,19,22)(H2,18,20,23). The van der Waals surface area contributed by atoms with Gasteiger partial charge in [0.15, 0.2) is 0 Å². The van der Waals surface area contributed by atoms with E-state index < -0.39 is 0 Å². The first-order valence-electron chi connectivity index (χ1n) is 8.17. The van der Waals surface area contributed by atoms with Crippen LogP contribution in [0.5, 0.6) is 0 Å². The molecule has 0 unspecified atom stereocenters. The summed E-state index contributed by atoms with van der Waals surface area (Å²) in [6, 6.07) is 5.23. The Balaban J connectivity index is 2.56. The number of rotatable bonds is 8. The second-order valence-electron chi connectivity index (χ2n) is 5.34. The molecular formula is C17H28N4O2. The maximum atomic E-state index is 12.0. The van der Waals surface area contributed by atoms with Crippen LogP contribution >= 0.6 is 0 Å². The van der Waals surface area contributed by atoms with Crippen molar-refractivity contribution in [3.63, 3.8) is 0 Å². The molecule has 0 aliphatic carbocycles. The number of anilines is 2. The predicted octanol–water partition coefficient (Wildman–Crippen LogP) is 2.81. The van der Waals surface area contributed by atoms with Gasteiger partial charge in [-0.2, -0.15) is 0 Å². The summed E-state index contributed by atoms with van der Waals surface area (Å²) in [5.41, 5.74) is 2.32. The SMILES string of the molecule is CCC(=O)Nc1ccc(C)c(NC(=O)NCCN(CC)CC)c1. The lowest BCUT2D eigenvalue weighted by Gasteiger charge is -2.18. The van der Waals surface area contributed by atoms with E-state index in [1.54, 1.807) is 13.0 Å². The number of benzene rings is 1. The molecule has 0 bridgehead atoms. The van der Waals surface area contributed by atoms with Gasteiger partial charge in [-0.1, -0.05) is 26.8 Å². The van der Waals surface area contributed by atoms with Gasteiger partial charge < -0.3 is 20.9 Å². The third kappa shape index (κ3) is 6.69. The van der Waals surface area contributed by atoms with Gasteiger partial charge in [0, 0.05) is 30.9 Å². The van der Waals surface area contributed by atoms with E-state index in [0.29, 0.717) is 24.3 Å². The van der Waals surface area contributed by atoms with Gasteiger partial charge in [-0.25, -0.2) is 4.79 Å². The highest BCUT2D eigenvalue weighted by Gasteiger charge is 2.07. The summed E-state index contributed by atoms with van der Waals surface area (Å²) in [6.45, 7) is 11.3. The van der Waals surface area contributed by atoms with Gasteiger partial charge in [0.1, 0.15) is 0 Å². The topological polar surface area (TPSA) is 73.5 Å². The third-order valence-corrected chi connectivity index (χ3v) is 3.70. The van der Waals surface area contributed by atoms with Crippen molar-refractivity contribution in [2.24, 2.45) is 0 Å². The molecule has 0 aliphatic heterocycles. The van der Waals surface area contributed by atoms with Crippen molar-refractivity contribution in [1.29, 1.82) is 0 Å². The van der Waals surface area contributed by atoms with E-state index in [1.807, 2.05) is 19.1 Å². The highest BCUT2D eigenvalue weighted by molar-refractivity contribution is 5.94.